The van der Waals surface area contributed by atoms with Gasteiger partial charge in [0, 0.05) is 12.7 Å². The molecule has 2 aromatic heterocycles. The number of primary amides is 1. The summed E-state index contributed by atoms with van der Waals surface area (Å²) >= 11 is 0. The number of ether oxygens (including phenoxy) is 1. The zero-order valence-electron chi connectivity index (χ0n) is 15.9. The number of nitrogens with two attached hydrogens (primary N) is 1. The van der Waals surface area contributed by atoms with Crippen molar-refractivity contribution in [1.29, 1.82) is 0 Å². The molecule has 2 atom stereocenters. The first-order valence-electron chi connectivity index (χ1n) is 9.45. The average molecular weight is 396 g/mol. The van der Waals surface area contributed by atoms with E-state index >= 15 is 0 Å². The number of fused-ring (bicyclic) bond motifs is 1. The van der Waals surface area contributed by atoms with Crippen LogP contribution in [-0.4, -0.2) is 34.6 Å². The van der Waals surface area contributed by atoms with Gasteiger partial charge in [-0.25, -0.2) is 13.7 Å². The van der Waals surface area contributed by atoms with Crippen LogP contribution in [0.4, 0.5) is 10.2 Å². The number of amides is 1. The predicted octanol–water partition coefficient (Wildman–Crippen LogP) is 2.70. The Labute approximate surface area is 166 Å². The predicted molar refractivity (Wildman–Crippen MR) is 105 cm³/mol. The normalized spacial score (nSPS) is 18.9. The fraction of sp³-hybridized carbons (Fsp3) is 0.286. The summed E-state index contributed by atoms with van der Waals surface area (Å²) in [6.07, 6.45) is 2.15. The van der Waals surface area contributed by atoms with E-state index < -0.39 is 17.8 Å². The van der Waals surface area contributed by atoms with Gasteiger partial charge in [0.1, 0.15) is 11.4 Å². The summed E-state index contributed by atoms with van der Waals surface area (Å²) in [7, 11) is 0. The Balaban J connectivity index is 1.86. The van der Waals surface area contributed by atoms with Crippen LogP contribution in [0.25, 0.3) is 5.52 Å². The molecule has 8 heteroatoms. The molecule has 3 aromatic rings. The van der Waals surface area contributed by atoms with Crippen LogP contribution < -0.4 is 10.6 Å². The topological polar surface area (TPSA) is 89.9 Å². The molecule has 0 aliphatic carbocycles. The van der Waals surface area contributed by atoms with Crippen LogP contribution in [0.5, 0.6) is 0 Å². The van der Waals surface area contributed by atoms with E-state index in [1.807, 2.05) is 11.0 Å². The van der Waals surface area contributed by atoms with E-state index in [0.717, 1.165) is 0 Å². The summed E-state index contributed by atoms with van der Waals surface area (Å²) in [6, 6.07) is 11.3. The molecule has 0 radical (unpaired) electrons. The Bertz CT molecular complexity index is 1080. The second-order valence-corrected chi connectivity index (χ2v) is 7.01. The van der Waals surface area contributed by atoms with Crippen molar-refractivity contribution in [2.45, 2.75) is 19.4 Å². The van der Waals surface area contributed by atoms with Gasteiger partial charge in [-0.2, -0.15) is 0 Å². The van der Waals surface area contributed by atoms with Crippen molar-refractivity contribution in [3.05, 3.63) is 65.6 Å². The van der Waals surface area contributed by atoms with E-state index in [1.165, 1.54) is 12.1 Å². The largest absolute Gasteiger partial charge is 0.462 e. The first-order chi connectivity index (χ1) is 14.0. The number of carbonyl (C=O) groups is 2. The molecule has 29 heavy (non-hydrogen) atoms. The second kappa shape index (κ2) is 7.54. The van der Waals surface area contributed by atoms with Gasteiger partial charge in [-0.05, 0) is 43.2 Å². The third kappa shape index (κ3) is 3.41. The fourth-order valence-corrected chi connectivity index (χ4v) is 3.89. The first kappa shape index (κ1) is 18.9. The third-order valence-corrected chi connectivity index (χ3v) is 5.21. The average Bonchev–Trinajstić information content (AvgIpc) is 3.30. The molecule has 4 rings (SSSR count). The minimum absolute atomic E-state index is 0.222. The zero-order valence-corrected chi connectivity index (χ0v) is 15.9. The molecule has 1 fully saturated rings. The molecular weight excluding hydrogens is 375 g/mol. The van der Waals surface area contributed by atoms with E-state index in [2.05, 4.69) is 5.10 Å². The standard InChI is InChI=1S/C21H21FN4O3/c1-2-29-21(28)18-16-8-3-4-9-26(16)24-20(18)25-12-14(19(23)27)11-17(25)13-6-5-7-15(22)10-13/h3-10,14,17H,2,11-12H2,1H3,(H2,23,27)/t14-,17+/m0/s1. The van der Waals surface area contributed by atoms with Crippen molar-refractivity contribution in [3.8, 4) is 0 Å². The molecule has 1 saturated heterocycles. The lowest BCUT2D eigenvalue weighted by atomic mass is 9.99. The van der Waals surface area contributed by atoms with Crippen molar-refractivity contribution in [2.24, 2.45) is 11.7 Å². The van der Waals surface area contributed by atoms with E-state index in [-0.39, 0.29) is 25.0 Å². The van der Waals surface area contributed by atoms with Gasteiger partial charge in [0.15, 0.2) is 5.82 Å². The summed E-state index contributed by atoms with van der Waals surface area (Å²) < 4.78 is 20.7. The highest BCUT2D eigenvalue weighted by atomic mass is 19.1. The fourth-order valence-electron chi connectivity index (χ4n) is 3.89. The van der Waals surface area contributed by atoms with Crippen molar-refractivity contribution in [1.82, 2.24) is 9.61 Å². The highest BCUT2D eigenvalue weighted by molar-refractivity contribution is 6.02. The third-order valence-electron chi connectivity index (χ3n) is 5.21. The number of carbonyl (C=O) groups excluding carboxylic acids is 2. The van der Waals surface area contributed by atoms with Gasteiger partial charge in [-0.3, -0.25) is 4.79 Å². The number of hydrogen-bond acceptors (Lipinski definition) is 5. The Morgan fingerprint density at radius 2 is 2.10 bits per heavy atom. The zero-order chi connectivity index (χ0) is 20.5. The number of halogens is 1. The molecule has 0 saturated carbocycles. The maximum Gasteiger partial charge on any atom is 0.344 e. The van der Waals surface area contributed by atoms with E-state index in [4.69, 9.17) is 10.5 Å². The summed E-state index contributed by atoms with van der Waals surface area (Å²) in [4.78, 5) is 26.5. The lowest BCUT2D eigenvalue weighted by molar-refractivity contribution is -0.121. The molecule has 1 aromatic carbocycles. The van der Waals surface area contributed by atoms with E-state index in [9.17, 15) is 14.0 Å². The maximum absolute atomic E-state index is 13.9. The molecule has 1 aliphatic heterocycles. The smallest absolute Gasteiger partial charge is 0.344 e. The summed E-state index contributed by atoms with van der Waals surface area (Å²) in [6.45, 7) is 2.24. The molecule has 1 aliphatic rings. The van der Waals surface area contributed by atoms with Crippen LogP contribution in [0.15, 0.2) is 48.7 Å². The van der Waals surface area contributed by atoms with Crippen LogP contribution in [0.2, 0.25) is 0 Å². The number of hydrogen-bond donors (Lipinski definition) is 1. The molecule has 0 spiro atoms. The lowest BCUT2D eigenvalue weighted by Gasteiger charge is -2.25. The summed E-state index contributed by atoms with van der Waals surface area (Å²) in [5, 5.41) is 4.59. The van der Waals surface area contributed by atoms with Crippen LogP contribution >= 0.6 is 0 Å². The highest BCUT2D eigenvalue weighted by Gasteiger charge is 2.40. The SMILES string of the molecule is CCOC(=O)c1c(N2C[C@@H](C(N)=O)C[C@@H]2c2cccc(F)c2)nn2ccccc12. The minimum Gasteiger partial charge on any atom is -0.462 e. The van der Waals surface area contributed by atoms with Gasteiger partial charge in [-0.15, -0.1) is 5.10 Å². The quantitative estimate of drug-likeness (QED) is 0.670. The Morgan fingerprint density at radius 1 is 1.28 bits per heavy atom. The Morgan fingerprint density at radius 3 is 2.83 bits per heavy atom. The van der Waals surface area contributed by atoms with Crippen molar-refractivity contribution in [2.75, 3.05) is 18.1 Å². The molecule has 3 heterocycles. The van der Waals surface area contributed by atoms with Crippen LogP contribution in [0.1, 0.15) is 35.3 Å². The Kier molecular flexibility index (Phi) is 4.92. The highest BCUT2D eigenvalue weighted by Crippen LogP contribution is 2.40. The summed E-state index contributed by atoms with van der Waals surface area (Å²) in [5.74, 6) is -1.35. The van der Waals surface area contributed by atoms with Crippen LogP contribution in [-0.2, 0) is 9.53 Å². The minimum atomic E-state index is -0.496. The van der Waals surface area contributed by atoms with Crippen LogP contribution in [0, 0.1) is 11.7 Å². The molecule has 1 amide bonds. The second-order valence-electron chi connectivity index (χ2n) is 7.01. The number of anilines is 1. The molecular formula is C21H21FN4O3. The molecule has 0 bridgehead atoms. The van der Waals surface area contributed by atoms with Gasteiger partial charge in [0.25, 0.3) is 0 Å². The maximum atomic E-state index is 13.9. The number of nitrogens with zero attached hydrogens (tertiary/aromatic N) is 3. The van der Waals surface area contributed by atoms with Crippen molar-refractivity contribution >= 4 is 23.2 Å². The molecule has 7 nitrogen and oxygen atoms in total. The van der Waals surface area contributed by atoms with E-state index in [0.29, 0.717) is 28.9 Å². The number of benzene rings is 1. The first-order valence-corrected chi connectivity index (χ1v) is 9.45. The van der Waals surface area contributed by atoms with Crippen molar-refractivity contribution < 1.29 is 18.7 Å². The molecule has 150 valence electrons. The van der Waals surface area contributed by atoms with Gasteiger partial charge in [0.05, 0.1) is 24.1 Å². The van der Waals surface area contributed by atoms with E-state index in [1.54, 1.807) is 41.9 Å². The van der Waals surface area contributed by atoms with Gasteiger partial charge in [-0.1, -0.05) is 18.2 Å². The summed E-state index contributed by atoms with van der Waals surface area (Å²) in [5.41, 5.74) is 7.18. The Hall–Kier alpha value is -3.42. The van der Waals surface area contributed by atoms with Gasteiger partial charge >= 0.3 is 5.97 Å². The molecule has 0 unspecified atom stereocenters. The van der Waals surface area contributed by atoms with Gasteiger partial charge < -0.3 is 15.4 Å². The van der Waals surface area contributed by atoms with Gasteiger partial charge in [0.2, 0.25) is 5.91 Å². The number of rotatable bonds is 5. The molecule has 2 N–H and O–H groups in total. The lowest BCUT2D eigenvalue weighted by Crippen LogP contribution is -2.29. The van der Waals surface area contributed by atoms with Crippen molar-refractivity contribution in [3.63, 3.8) is 0 Å². The number of aromatic nitrogens is 2. The van der Waals surface area contributed by atoms with Crippen LogP contribution in [0.3, 0.4) is 0 Å². The number of pyridine rings is 1. The monoisotopic (exact) mass is 396 g/mol. The number of esters is 1.